The summed E-state index contributed by atoms with van der Waals surface area (Å²) in [6, 6.07) is 2.32. The van der Waals surface area contributed by atoms with Crippen LogP contribution in [0.4, 0.5) is 0 Å². The highest BCUT2D eigenvalue weighted by Gasteiger charge is 2.47. The zero-order valence-electron chi connectivity index (χ0n) is 23.9. The zero-order valence-corrected chi connectivity index (χ0v) is 23.9. The molecule has 0 unspecified atom stereocenters. The fraction of sp³-hybridized carbons (Fsp3) is 0.379. The molecule has 12 heteroatoms. The van der Waals surface area contributed by atoms with Gasteiger partial charge in [-0.05, 0) is 50.5 Å². The summed E-state index contributed by atoms with van der Waals surface area (Å²) in [5, 5.41) is 11.7. The fourth-order valence-corrected chi connectivity index (χ4v) is 5.21. The molecule has 1 fully saturated rings. The van der Waals surface area contributed by atoms with Crippen LogP contribution in [-0.2, 0) is 20.9 Å². The normalized spacial score (nSPS) is 16.2. The van der Waals surface area contributed by atoms with E-state index in [4.69, 9.17) is 18.9 Å². The van der Waals surface area contributed by atoms with Crippen molar-refractivity contribution in [3.05, 3.63) is 64.5 Å². The maximum absolute atomic E-state index is 13.6. The number of nitrogens with one attached hydrogen (secondary N) is 1. The number of benzene rings is 1. The molecule has 1 saturated heterocycles. The number of aryl methyl sites for hydroxylation is 2. The van der Waals surface area contributed by atoms with Gasteiger partial charge in [-0.1, -0.05) is 0 Å². The number of aromatic amines is 1. The number of nitrogens with zero attached hydrogens (tertiary/aromatic N) is 3. The van der Waals surface area contributed by atoms with Crippen LogP contribution in [0.2, 0.25) is 0 Å². The number of aliphatic hydroxyl groups excluding tert-OH is 1. The smallest absolute Gasteiger partial charge is 0.355 e. The quantitative estimate of drug-likeness (QED) is 0.154. The van der Waals surface area contributed by atoms with Gasteiger partial charge < -0.3 is 38.5 Å². The number of imidazole rings is 1. The average Bonchev–Trinajstić information content (AvgIpc) is 3.65. The molecular formula is C29H34N4O8. The predicted octanol–water partition coefficient (Wildman–Crippen LogP) is 3.54. The summed E-state index contributed by atoms with van der Waals surface area (Å²) >= 11 is 0. The van der Waals surface area contributed by atoms with Gasteiger partial charge in [0.2, 0.25) is 5.75 Å². The Hall–Kier alpha value is -4.74. The Bertz CT molecular complexity index is 1460. The van der Waals surface area contributed by atoms with Crippen molar-refractivity contribution in [1.29, 1.82) is 0 Å². The van der Waals surface area contributed by atoms with Crippen molar-refractivity contribution in [2.24, 2.45) is 0 Å². The van der Waals surface area contributed by atoms with Crippen LogP contribution in [0.3, 0.4) is 0 Å². The number of carbonyl (C=O) groups excluding carboxylic acids is 3. The van der Waals surface area contributed by atoms with Crippen LogP contribution in [0.5, 0.6) is 17.2 Å². The first-order valence-corrected chi connectivity index (χ1v) is 13.1. The van der Waals surface area contributed by atoms with Crippen molar-refractivity contribution in [2.45, 2.75) is 39.8 Å². The van der Waals surface area contributed by atoms with Gasteiger partial charge in [0.05, 0.1) is 45.9 Å². The largest absolute Gasteiger partial charge is 0.507 e. The summed E-state index contributed by atoms with van der Waals surface area (Å²) in [5.74, 6) is -1.61. The van der Waals surface area contributed by atoms with Gasteiger partial charge in [-0.3, -0.25) is 9.59 Å². The molecule has 2 aromatic heterocycles. The van der Waals surface area contributed by atoms with Crippen molar-refractivity contribution < 1.29 is 38.4 Å². The van der Waals surface area contributed by atoms with Gasteiger partial charge in [-0.15, -0.1) is 0 Å². The number of amides is 1. The number of carbonyl (C=O) groups is 3. The summed E-state index contributed by atoms with van der Waals surface area (Å²) in [6.45, 7) is 5.93. The summed E-state index contributed by atoms with van der Waals surface area (Å²) in [5.41, 5.74) is 1.60. The molecule has 0 radical (unpaired) electrons. The maximum Gasteiger partial charge on any atom is 0.355 e. The molecule has 41 heavy (non-hydrogen) atoms. The van der Waals surface area contributed by atoms with E-state index in [2.05, 4.69) is 9.97 Å². The number of rotatable bonds is 11. The molecule has 4 rings (SSSR count). The maximum atomic E-state index is 13.6. The van der Waals surface area contributed by atoms with Crippen molar-refractivity contribution in [3.8, 4) is 17.2 Å². The standard InChI is InChI=1S/C29H34N4O8/c1-7-41-29(37)23-16(2)21(17(3)31-23)25(34)22-24(18-13-19(38-4)27(40-6)20(14-18)39-5)33(28(36)26(22)35)11-8-10-32-12-9-30-15-32/h9,12-15,24,31,34H,7-8,10-11H2,1-6H3/b25-22+/t24-/m0/s1. The van der Waals surface area contributed by atoms with Gasteiger partial charge in [-0.25, -0.2) is 9.78 Å². The van der Waals surface area contributed by atoms with Gasteiger partial charge >= 0.3 is 5.97 Å². The Kier molecular flexibility index (Phi) is 8.70. The Labute approximate surface area is 237 Å². The number of aliphatic hydroxyl groups is 1. The number of H-pyrrole nitrogens is 1. The Balaban J connectivity index is 1.89. The lowest BCUT2D eigenvalue weighted by Crippen LogP contribution is -2.31. The number of methoxy groups -OCH3 is 3. The van der Waals surface area contributed by atoms with E-state index < -0.39 is 29.5 Å². The highest BCUT2D eigenvalue weighted by molar-refractivity contribution is 6.46. The number of esters is 1. The van der Waals surface area contributed by atoms with E-state index in [-0.39, 0.29) is 30.0 Å². The minimum atomic E-state index is -0.980. The molecule has 0 spiro atoms. The molecule has 0 aliphatic carbocycles. The van der Waals surface area contributed by atoms with Gasteiger partial charge in [0.15, 0.2) is 11.5 Å². The van der Waals surface area contributed by atoms with Gasteiger partial charge in [-0.2, -0.15) is 0 Å². The minimum absolute atomic E-state index is 0.118. The predicted molar refractivity (Wildman–Crippen MR) is 148 cm³/mol. The Morgan fingerprint density at radius 1 is 1.07 bits per heavy atom. The molecule has 1 aromatic carbocycles. The summed E-state index contributed by atoms with van der Waals surface area (Å²) in [6.07, 6.45) is 5.65. The summed E-state index contributed by atoms with van der Waals surface area (Å²) in [4.78, 5) is 48.0. The number of aromatic nitrogens is 3. The molecular weight excluding hydrogens is 532 g/mol. The lowest BCUT2D eigenvalue weighted by molar-refractivity contribution is -0.139. The third kappa shape index (κ3) is 5.37. The molecule has 1 aliphatic rings. The van der Waals surface area contributed by atoms with E-state index in [1.165, 1.54) is 26.2 Å². The highest BCUT2D eigenvalue weighted by atomic mass is 16.5. The van der Waals surface area contributed by atoms with Gasteiger partial charge in [0.25, 0.3) is 11.7 Å². The fourth-order valence-electron chi connectivity index (χ4n) is 5.21. The minimum Gasteiger partial charge on any atom is -0.507 e. The number of likely N-dealkylation sites (tertiary alicyclic amines) is 1. The number of hydrogen-bond donors (Lipinski definition) is 2. The van der Waals surface area contributed by atoms with Crippen molar-refractivity contribution in [3.63, 3.8) is 0 Å². The van der Waals surface area contributed by atoms with Crippen molar-refractivity contribution >= 4 is 23.4 Å². The SMILES string of the molecule is CCOC(=O)c1[nH]c(C)c(/C(O)=C2\C(=O)C(=O)N(CCCn3ccnc3)[C@H]2c2cc(OC)c(OC)c(OC)c2)c1C. The monoisotopic (exact) mass is 566 g/mol. The highest BCUT2D eigenvalue weighted by Crippen LogP contribution is 2.46. The lowest BCUT2D eigenvalue weighted by Gasteiger charge is -2.26. The Morgan fingerprint density at radius 3 is 2.32 bits per heavy atom. The number of ketones is 1. The second-order valence-corrected chi connectivity index (χ2v) is 9.45. The van der Waals surface area contributed by atoms with Gasteiger partial charge in [0, 0.05) is 36.7 Å². The van der Waals surface area contributed by atoms with Crippen LogP contribution in [-0.4, -0.2) is 76.7 Å². The van der Waals surface area contributed by atoms with Crippen LogP contribution in [0.1, 0.15) is 52.3 Å². The number of Topliss-reactive ketones (excluding diaryl/α,β-unsaturated/α-hetero) is 1. The van der Waals surface area contributed by atoms with Gasteiger partial charge in [0.1, 0.15) is 11.5 Å². The lowest BCUT2D eigenvalue weighted by atomic mass is 9.93. The summed E-state index contributed by atoms with van der Waals surface area (Å²) < 4.78 is 23.5. The van der Waals surface area contributed by atoms with E-state index in [9.17, 15) is 19.5 Å². The van der Waals surface area contributed by atoms with E-state index >= 15 is 0 Å². The molecule has 12 nitrogen and oxygen atoms in total. The molecule has 0 bridgehead atoms. The molecule has 1 amide bonds. The van der Waals surface area contributed by atoms with E-state index in [0.29, 0.717) is 47.0 Å². The zero-order chi connectivity index (χ0) is 29.8. The topological polar surface area (TPSA) is 145 Å². The molecule has 0 saturated carbocycles. The van der Waals surface area contributed by atoms with Crippen LogP contribution < -0.4 is 14.2 Å². The number of ether oxygens (including phenoxy) is 4. The van der Waals surface area contributed by atoms with E-state index in [1.807, 2.05) is 10.8 Å². The second kappa shape index (κ2) is 12.2. The molecule has 2 N–H and O–H groups in total. The first kappa shape index (κ1) is 29.2. The van der Waals surface area contributed by atoms with Crippen LogP contribution in [0.25, 0.3) is 5.76 Å². The molecule has 218 valence electrons. The average molecular weight is 567 g/mol. The van der Waals surface area contributed by atoms with E-state index in [0.717, 1.165) is 0 Å². The molecule has 1 aliphatic heterocycles. The first-order valence-electron chi connectivity index (χ1n) is 13.1. The first-order chi connectivity index (χ1) is 19.7. The summed E-state index contributed by atoms with van der Waals surface area (Å²) in [7, 11) is 4.40. The third-order valence-corrected chi connectivity index (χ3v) is 7.07. The Morgan fingerprint density at radius 2 is 1.76 bits per heavy atom. The third-order valence-electron chi connectivity index (χ3n) is 7.07. The number of hydrogen-bond acceptors (Lipinski definition) is 9. The second-order valence-electron chi connectivity index (χ2n) is 9.45. The molecule has 1 atom stereocenters. The van der Waals surface area contributed by atoms with Crippen molar-refractivity contribution in [1.82, 2.24) is 19.4 Å². The van der Waals surface area contributed by atoms with E-state index in [1.54, 1.807) is 45.4 Å². The van der Waals surface area contributed by atoms with Crippen LogP contribution >= 0.6 is 0 Å². The molecule has 3 heterocycles. The van der Waals surface area contributed by atoms with Crippen molar-refractivity contribution in [2.75, 3.05) is 34.5 Å². The molecule has 3 aromatic rings. The van der Waals surface area contributed by atoms with Crippen LogP contribution in [0, 0.1) is 13.8 Å². The van der Waals surface area contributed by atoms with Crippen LogP contribution in [0.15, 0.2) is 36.4 Å².